The Morgan fingerprint density at radius 1 is 1.06 bits per heavy atom. The van der Waals surface area contributed by atoms with Crippen molar-refractivity contribution >= 4 is 29.0 Å². The van der Waals surface area contributed by atoms with Gasteiger partial charge < -0.3 is 15.5 Å². The minimum atomic E-state index is -0.119. The lowest BCUT2D eigenvalue weighted by molar-refractivity contribution is -0.120. The van der Waals surface area contributed by atoms with Gasteiger partial charge in [0, 0.05) is 17.2 Å². The molecule has 8 heteroatoms. The van der Waals surface area contributed by atoms with Gasteiger partial charge >= 0.3 is 0 Å². The predicted octanol–water partition coefficient (Wildman–Crippen LogP) is 3.84. The molecule has 33 heavy (non-hydrogen) atoms. The van der Waals surface area contributed by atoms with Crippen LogP contribution in [-0.4, -0.2) is 59.4 Å². The Hall–Kier alpha value is -3.29. The van der Waals surface area contributed by atoms with Crippen LogP contribution >= 0.6 is 11.6 Å². The molecule has 0 radical (unpaired) electrons. The van der Waals surface area contributed by atoms with Crippen molar-refractivity contribution in [2.45, 2.75) is 18.9 Å². The van der Waals surface area contributed by atoms with Crippen molar-refractivity contribution in [3.63, 3.8) is 0 Å². The molecule has 3 N–H and O–H groups in total. The normalized spacial score (nSPS) is 14.6. The number of carbonyl (C=O) groups is 1. The molecule has 0 bridgehead atoms. The van der Waals surface area contributed by atoms with Gasteiger partial charge in [0.15, 0.2) is 5.82 Å². The third-order valence-electron chi connectivity index (χ3n) is 5.77. The molecule has 170 valence electrons. The summed E-state index contributed by atoms with van der Waals surface area (Å²) in [5, 5.41) is 23.9. The fourth-order valence-electron chi connectivity index (χ4n) is 3.89. The van der Waals surface area contributed by atoms with E-state index < -0.39 is 0 Å². The van der Waals surface area contributed by atoms with Crippen LogP contribution in [-0.2, 0) is 4.79 Å². The van der Waals surface area contributed by atoms with Gasteiger partial charge in [0.05, 0.1) is 22.8 Å². The van der Waals surface area contributed by atoms with Crippen molar-refractivity contribution in [1.29, 1.82) is 5.41 Å². The van der Waals surface area contributed by atoms with Crippen LogP contribution < -0.4 is 10.6 Å². The highest BCUT2D eigenvalue weighted by Crippen LogP contribution is 2.33. The van der Waals surface area contributed by atoms with E-state index >= 15 is 0 Å². The summed E-state index contributed by atoms with van der Waals surface area (Å²) < 4.78 is 0. The molecule has 1 aliphatic rings. The molecule has 0 spiro atoms. The van der Waals surface area contributed by atoms with Crippen molar-refractivity contribution in [2.75, 3.05) is 32.0 Å². The van der Waals surface area contributed by atoms with Crippen LogP contribution in [0.4, 0.5) is 5.82 Å². The first kappa shape index (κ1) is 22.9. The van der Waals surface area contributed by atoms with E-state index in [2.05, 4.69) is 32.8 Å². The summed E-state index contributed by atoms with van der Waals surface area (Å²) >= 11 is 6.79. The lowest BCUT2D eigenvalue weighted by Gasteiger charge is -2.29. The van der Waals surface area contributed by atoms with Crippen LogP contribution in [0.5, 0.6) is 0 Å². The van der Waals surface area contributed by atoms with Gasteiger partial charge in [-0.15, -0.1) is 10.2 Å². The number of carbonyl (C=O) groups excluding carboxylic acids is 1. The maximum absolute atomic E-state index is 12.6. The lowest BCUT2D eigenvalue weighted by atomic mass is 10.0. The van der Waals surface area contributed by atoms with Gasteiger partial charge in [-0.25, -0.2) is 0 Å². The monoisotopic (exact) mass is 462 g/mol. The summed E-state index contributed by atoms with van der Waals surface area (Å²) in [4.78, 5) is 14.8. The second-order valence-corrected chi connectivity index (χ2v) is 8.57. The van der Waals surface area contributed by atoms with E-state index in [1.54, 1.807) is 0 Å². The van der Waals surface area contributed by atoms with E-state index in [-0.39, 0.29) is 24.2 Å². The van der Waals surface area contributed by atoms with Gasteiger partial charge in [0.25, 0.3) is 0 Å². The number of anilines is 1. The molecular weight excluding hydrogens is 436 g/mol. The minimum Gasteiger partial charge on any atom is -0.359 e. The Balaban J connectivity index is 1.58. The van der Waals surface area contributed by atoms with E-state index in [9.17, 15) is 4.79 Å². The lowest BCUT2D eigenvalue weighted by Crippen LogP contribution is -2.45. The van der Waals surface area contributed by atoms with Gasteiger partial charge in [0.1, 0.15) is 5.69 Å². The van der Waals surface area contributed by atoms with Gasteiger partial charge in [0.2, 0.25) is 5.91 Å². The van der Waals surface area contributed by atoms with Crippen molar-refractivity contribution in [3.8, 4) is 11.3 Å². The highest BCUT2D eigenvalue weighted by molar-refractivity contribution is 6.38. The Kier molecular flexibility index (Phi) is 7.32. The zero-order chi connectivity index (χ0) is 23.2. The number of likely N-dealkylation sites (tertiary alicyclic amines) is 1. The summed E-state index contributed by atoms with van der Waals surface area (Å²) in [6.07, 6.45) is 1.87. The molecule has 1 amide bonds. The van der Waals surface area contributed by atoms with Crippen LogP contribution in [0.25, 0.3) is 11.3 Å². The van der Waals surface area contributed by atoms with Crippen molar-refractivity contribution in [1.82, 2.24) is 20.4 Å². The zero-order valence-corrected chi connectivity index (χ0v) is 19.3. The zero-order valence-electron chi connectivity index (χ0n) is 18.5. The molecule has 0 saturated carbocycles. The fourth-order valence-corrected chi connectivity index (χ4v) is 4.22. The summed E-state index contributed by atoms with van der Waals surface area (Å²) in [6.45, 7) is 1.97. The molecule has 3 aromatic rings. The van der Waals surface area contributed by atoms with Crippen LogP contribution in [0.15, 0.2) is 60.7 Å². The molecular formula is C25H27ClN6O. The van der Waals surface area contributed by atoms with Gasteiger partial charge in [-0.3, -0.25) is 10.2 Å². The number of rotatable bonds is 7. The van der Waals surface area contributed by atoms with Crippen molar-refractivity contribution < 1.29 is 4.79 Å². The molecule has 0 atom stereocenters. The molecule has 0 aliphatic carbocycles. The van der Waals surface area contributed by atoms with Crippen molar-refractivity contribution in [3.05, 3.63) is 76.8 Å². The average Bonchev–Trinajstić information content (AvgIpc) is 2.85. The number of hydrogen-bond acceptors (Lipinski definition) is 6. The van der Waals surface area contributed by atoms with Crippen LogP contribution in [0.2, 0.25) is 5.02 Å². The summed E-state index contributed by atoms with van der Waals surface area (Å²) in [5.41, 5.74) is 2.64. The van der Waals surface area contributed by atoms with Gasteiger partial charge in [-0.2, -0.15) is 0 Å². The number of aromatic nitrogens is 2. The third-order valence-corrected chi connectivity index (χ3v) is 6.14. The Morgan fingerprint density at radius 3 is 2.36 bits per heavy atom. The number of benzene rings is 2. The fraction of sp³-hybridized carbons (Fsp3) is 0.280. The Bertz CT molecular complexity index is 1110. The summed E-state index contributed by atoms with van der Waals surface area (Å²) in [6, 6.07) is 19.0. The minimum absolute atomic E-state index is 0.0249. The van der Waals surface area contributed by atoms with E-state index in [0.29, 0.717) is 27.7 Å². The summed E-state index contributed by atoms with van der Waals surface area (Å²) in [5.74, 6) is 0.193. The quantitative estimate of drug-likeness (QED) is 0.464. The Morgan fingerprint density at radius 2 is 1.70 bits per heavy atom. The first-order chi connectivity index (χ1) is 16.0. The average molecular weight is 463 g/mol. The number of nitrogens with one attached hydrogen (secondary N) is 3. The number of halogens is 1. The highest BCUT2D eigenvalue weighted by atomic mass is 35.5. The predicted molar refractivity (Wildman–Crippen MR) is 132 cm³/mol. The third kappa shape index (κ3) is 5.56. The van der Waals surface area contributed by atoms with Gasteiger partial charge in [-0.05, 0) is 33.0 Å². The number of piperidine rings is 1. The van der Waals surface area contributed by atoms with Crippen molar-refractivity contribution in [2.24, 2.45) is 0 Å². The van der Waals surface area contributed by atoms with Crippen LogP contribution in [0, 0.1) is 5.41 Å². The first-order valence-corrected chi connectivity index (χ1v) is 11.4. The molecule has 1 aromatic heterocycles. The first-order valence-electron chi connectivity index (χ1n) is 11.0. The second-order valence-electron chi connectivity index (χ2n) is 8.19. The standard InChI is InChI=1S/C25H27ClN6O/c1-32-14-12-19(13-15-32)29-20(33)16-28-25-21(23(27)17-8-4-2-5-9-17)22(26)24(30-31-25)18-10-6-3-7-11-18/h2-11,19,27H,12-16H2,1H3,(H,28,31)(H,29,33). The molecule has 2 aromatic carbocycles. The molecule has 0 unspecified atom stereocenters. The van der Waals surface area contributed by atoms with E-state index in [1.165, 1.54) is 0 Å². The van der Waals surface area contributed by atoms with E-state index in [1.807, 2.05) is 60.7 Å². The van der Waals surface area contributed by atoms with Crippen LogP contribution in [0.1, 0.15) is 24.0 Å². The van der Waals surface area contributed by atoms with Gasteiger partial charge in [-0.1, -0.05) is 72.3 Å². The molecule has 7 nitrogen and oxygen atoms in total. The largest absolute Gasteiger partial charge is 0.359 e. The number of amides is 1. The topological polar surface area (TPSA) is 94.0 Å². The summed E-state index contributed by atoms with van der Waals surface area (Å²) in [7, 11) is 2.09. The number of hydrogen-bond donors (Lipinski definition) is 3. The SMILES string of the molecule is CN1CCC(NC(=O)CNc2nnc(-c3ccccc3)c(Cl)c2C(=N)c2ccccc2)CC1. The molecule has 1 aliphatic heterocycles. The maximum Gasteiger partial charge on any atom is 0.239 e. The smallest absolute Gasteiger partial charge is 0.239 e. The number of nitrogens with zero attached hydrogens (tertiary/aromatic N) is 3. The van der Waals surface area contributed by atoms with E-state index in [4.69, 9.17) is 17.0 Å². The van der Waals surface area contributed by atoms with E-state index in [0.717, 1.165) is 31.5 Å². The molecule has 2 heterocycles. The molecule has 1 fully saturated rings. The molecule has 4 rings (SSSR count). The second kappa shape index (κ2) is 10.6. The highest BCUT2D eigenvalue weighted by Gasteiger charge is 2.22. The van der Waals surface area contributed by atoms with Crippen LogP contribution in [0.3, 0.4) is 0 Å². The molecule has 1 saturated heterocycles. The Labute approximate surface area is 198 Å². The maximum atomic E-state index is 12.6.